The van der Waals surface area contributed by atoms with Crippen molar-refractivity contribution in [2.75, 3.05) is 7.11 Å². The quantitative estimate of drug-likeness (QED) is 0.628. The number of ether oxygens (including phenoxy) is 2. The van der Waals surface area contributed by atoms with Crippen LogP contribution in [0.1, 0.15) is 19.4 Å². The molecule has 4 nitrogen and oxygen atoms in total. The first-order valence-corrected chi connectivity index (χ1v) is 6.29. The summed E-state index contributed by atoms with van der Waals surface area (Å²) in [5.41, 5.74) is 1.03. The van der Waals surface area contributed by atoms with Crippen molar-refractivity contribution >= 4 is 11.0 Å². The van der Waals surface area contributed by atoms with Crippen LogP contribution in [0.25, 0.3) is 11.0 Å². The van der Waals surface area contributed by atoms with Gasteiger partial charge in [0, 0.05) is 23.4 Å². The molecule has 1 atom stereocenters. The van der Waals surface area contributed by atoms with Crippen molar-refractivity contribution in [3.63, 3.8) is 0 Å². The molecule has 3 rings (SSSR count). The van der Waals surface area contributed by atoms with Crippen LogP contribution < -0.4 is 10.4 Å². The van der Waals surface area contributed by atoms with E-state index in [2.05, 4.69) is 0 Å². The highest BCUT2D eigenvalue weighted by molar-refractivity contribution is 5.82. The van der Waals surface area contributed by atoms with Gasteiger partial charge < -0.3 is 13.9 Å². The molecule has 0 unspecified atom stereocenters. The number of hydrogen-bond donors (Lipinski definition) is 0. The first kappa shape index (κ1) is 12.2. The Morgan fingerprint density at radius 3 is 2.58 bits per heavy atom. The Morgan fingerprint density at radius 2 is 1.95 bits per heavy atom. The molecule has 1 aliphatic rings. The summed E-state index contributed by atoms with van der Waals surface area (Å²) >= 11 is 0. The van der Waals surface area contributed by atoms with Gasteiger partial charge in [-0.05, 0) is 32.0 Å². The molecule has 0 N–H and O–H groups in total. The first-order valence-electron chi connectivity index (χ1n) is 6.29. The van der Waals surface area contributed by atoms with Gasteiger partial charge in [0.2, 0.25) is 0 Å². The largest absolute Gasteiger partial charge is 0.496 e. The molecule has 1 fully saturated rings. The normalized spacial score (nSPS) is 20.5. The first-order chi connectivity index (χ1) is 9.01. The number of epoxide rings is 1. The van der Waals surface area contributed by atoms with Crippen molar-refractivity contribution in [1.82, 2.24) is 0 Å². The van der Waals surface area contributed by atoms with Gasteiger partial charge in [0.15, 0.2) is 0 Å². The van der Waals surface area contributed by atoms with E-state index in [9.17, 15) is 4.79 Å². The maximum atomic E-state index is 11.4. The molecule has 2 heterocycles. The highest BCUT2D eigenvalue weighted by Crippen LogP contribution is 2.40. The Hall–Kier alpha value is -1.81. The molecule has 0 bridgehead atoms. The minimum absolute atomic E-state index is 0.109. The lowest BCUT2D eigenvalue weighted by Gasteiger charge is -2.10. The van der Waals surface area contributed by atoms with Crippen LogP contribution in [0.15, 0.2) is 33.5 Å². The molecular formula is C15H16O4. The molecule has 4 heteroatoms. The van der Waals surface area contributed by atoms with E-state index in [1.807, 2.05) is 26.0 Å². The van der Waals surface area contributed by atoms with E-state index in [0.717, 1.165) is 16.7 Å². The average molecular weight is 260 g/mol. The van der Waals surface area contributed by atoms with E-state index < -0.39 is 0 Å². The standard InChI is InChI=1S/C15H16O4/c1-15(2)12(19-15)8-10-11(17-3)6-4-9-5-7-13(16)18-14(9)10/h4-7,12H,8H2,1-3H3/t12-/m0/s1. The zero-order valence-corrected chi connectivity index (χ0v) is 11.2. The molecule has 1 aliphatic heterocycles. The maximum absolute atomic E-state index is 11.4. The fraction of sp³-hybridized carbons (Fsp3) is 0.400. The van der Waals surface area contributed by atoms with E-state index in [-0.39, 0.29) is 17.3 Å². The average Bonchev–Trinajstić information content (AvgIpc) is 2.97. The van der Waals surface area contributed by atoms with Crippen LogP contribution >= 0.6 is 0 Å². The fourth-order valence-electron chi connectivity index (χ4n) is 2.36. The van der Waals surface area contributed by atoms with Crippen molar-refractivity contribution in [3.8, 4) is 5.75 Å². The monoisotopic (exact) mass is 260 g/mol. The third-order valence-electron chi connectivity index (χ3n) is 3.62. The SMILES string of the molecule is COc1ccc2ccc(=O)oc2c1C[C@@H]1OC1(C)C. The molecule has 0 amide bonds. The molecule has 0 radical (unpaired) electrons. The molecule has 0 aliphatic carbocycles. The molecule has 19 heavy (non-hydrogen) atoms. The molecule has 1 saturated heterocycles. The molecule has 1 aromatic heterocycles. The van der Waals surface area contributed by atoms with Gasteiger partial charge >= 0.3 is 5.63 Å². The van der Waals surface area contributed by atoms with Crippen molar-refractivity contribution in [1.29, 1.82) is 0 Å². The van der Waals surface area contributed by atoms with Gasteiger partial charge in [-0.15, -0.1) is 0 Å². The van der Waals surface area contributed by atoms with Crippen LogP contribution in [-0.2, 0) is 11.2 Å². The molecular weight excluding hydrogens is 244 g/mol. The van der Waals surface area contributed by atoms with Gasteiger partial charge in [-0.3, -0.25) is 0 Å². The Morgan fingerprint density at radius 1 is 1.26 bits per heavy atom. The molecule has 0 spiro atoms. The predicted molar refractivity (Wildman–Crippen MR) is 71.7 cm³/mol. The fourth-order valence-corrected chi connectivity index (χ4v) is 2.36. The van der Waals surface area contributed by atoms with Crippen molar-refractivity contribution in [3.05, 3.63) is 40.2 Å². The summed E-state index contributed by atoms with van der Waals surface area (Å²) < 4.78 is 16.3. The minimum atomic E-state index is -0.349. The Bertz CT molecular complexity index is 684. The van der Waals surface area contributed by atoms with Gasteiger partial charge in [0.25, 0.3) is 0 Å². The zero-order valence-electron chi connectivity index (χ0n) is 11.2. The molecule has 0 saturated carbocycles. The van der Waals surface area contributed by atoms with Gasteiger partial charge in [-0.2, -0.15) is 0 Å². The smallest absolute Gasteiger partial charge is 0.336 e. The lowest BCUT2D eigenvalue weighted by molar-refractivity contribution is 0.322. The van der Waals surface area contributed by atoms with Crippen LogP contribution in [0.2, 0.25) is 0 Å². The highest BCUT2D eigenvalue weighted by Gasteiger charge is 2.48. The zero-order chi connectivity index (χ0) is 13.6. The second kappa shape index (κ2) is 4.10. The van der Waals surface area contributed by atoms with Crippen LogP contribution in [-0.4, -0.2) is 18.8 Å². The van der Waals surface area contributed by atoms with E-state index in [1.165, 1.54) is 6.07 Å². The Balaban J connectivity index is 2.13. The second-order valence-corrected chi connectivity index (χ2v) is 5.33. The lowest BCUT2D eigenvalue weighted by Crippen LogP contribution is -2.08. The minimum Gasteiger partial charge on any atom is -0.496 e. The predicted octanol–water partition coefficient (Wildman–Crippen LogP) is 2.52. The van der Waals surface area contributed by atoms with Crippen LogP contribution in [0.3, 0.4) is 0 Å². The van der Waals surface area contributed by atoms with Crippen LogP contribution in [0.4, 0.5) is 0 Å². The summed E-state index contributed by atoms with van der Waals surface area (Å²) in [6.07, 6.45) is 0.818. The van der Waals surface area contributed by atoms with Crippen molar-refractivity contribution in [2.24, 2.45) is 0 Å². The topological polar surface area (TPSA) is 52.0 Å². The summed E-state index contributed by atoms with van der Waals surface area (Å²) in [5.74, 6) is 0.730. The summed E-state index contributed by atoms with van der Waals surface area (Å²) in [4.78, 5) is 11.4. The van der Waals surface area contributed by atoms with E-state index >= 15 is 0 Å². The summed E-state index contributed by atoms with van der Waals surface area (Å²) in [5, 5.41) is 0.897. The van der Waals surface area contributed by atoms with E-state index in [4.69, 9.17) is 13.9 Å². The summed E-state index contributed by atoms with van der Waals surface area (Å²) in [7, 11) is 1.62. The maximum Gasteiger partial charge on any atom is 0.336 e. The number of hydrogen-bond acceptors (Lipinski definition) is 4. The lowest BCUT2D eigenvalue weighted by atomic mass is 10.00. The van der Waals surface area contributed by atoms with Crippen molar-refractivity contribution < 1.29 is 13.9 Å². The van der Waals surface area contributed by atoms with Gasteiger partial charge in [0.1, 0.15) is 11.3 Å². The number of rotatable bonds is 3. The summed E-state index contributed by atoms with van der Waals surface area (Å²) in [6, 6.07) is 6.98. The van der Waals surface area contributed by atoms with Crippen LogP contribution in [0, 0.1) is 0 Å². The molecule has 2 aromatic rings. The second-order valence-electron chi connectivity index (χ2n) is 5.33. The third-order valence-corrected chi connectivity index (χ3v) is 3.62. The Labute approximate surface area is 110 Å². The highest BCUT2D eigenvalue weighted by atomic mass is 16.6. The van der Waals surface area contributed by atoms with Crippen LogP contribution in [0.5, 0.6) is 5.75 Å². The van der Waals surface area contributed by atoms with Gasteiger partial charge in [-0.1, -0.05) is 0 Å². The third kappa shape index (κ3) is 2.12. The number of benzene rings is 1. The van der Waals surface area contributed by atoms with Gasteiger partial charge in [-0.25, -0.2) is 4.79 Å². The molecule has 100 valence electrons. The Kier molecular flexibility index (Phi) is 2.64. The van der Waals surface area contributed by atoms with E-state index in [1.54, 1.807) is 13.2 Å². The van der Waals surface area contributed by atoms with Crippen molar-refractivity contribution in [2.45, 2.75) is 32.0 Å². The number of fused-ring (bicyclic) bond motifs is 1. The summed E-state index contributed by atoms with van der Waals surface area (Å²) in [6.45, 7) is 4.09. The number of methoxy groups -OCH3 is 1. The van der Waals surface area contributed by atoms with Gasteiger partial charge in [0.05, 0.1) is 18.8 Å². The molecule has 1 aromatic carbocycles. The van der Waals surface area contributed by atoms with E-state index in [0.29, 0.717) is 12.0 Å².